The zero-order chi connectivity index (χ0) is 29.4. The maximum absolute atomic E-state index is 2.73. The fourth-order valence-electron chi connectivity index (χ4n) is 6.37. The average Bonchev–Trinajstić information content (AvgIpc) is 3.57. The van der Waals surface area contributed by atoms with Gasteiger partial charge in [-0.05, 0) is 59.6 Å². The second-order valence-electron chi connectivity index (χ2n) is 14.8. The molecule has 0 nitrogen and oxygen atoms in total. The summed E-state index contributed by atoms with van der Waals surface area (Å²) in [5.74, 6) is 3.76. The molecule has 0 aromatic carbocycles. The molecule has 2 aromatic rings. The predicted octanol–water partition coefficient (Wildman–Crippen LogP) is 14.1. The van der Waals surface area contributed by atoms with Crippen LogP contribution in [-0.4, -0.2) is 11.5 Å². The van der Waals surface area contributed by atoms with E-state index in [9.17, 15) is 0 Å². The van der Waals surface area contributed by atoms with Crippen LogP contribution < -0.4 is 0 Å². The van der Waals surface area contributed by atoms with Crippen LogP contribution in [-0.2, 0) is 10.8 Å². The molecule has 0 spiro atoms. The van der Waals surface area contributed by atoms with Crippen molar-refractivity contribution in [1.82, 2.24) is 0 Å². The van der Waals surface area contributed by atoms with Crippen LogP contribution in [0.15, 0.2) is 21.9 Å². The zero-order valence-electron chi connectivity index (χ0n) is 28.0. The summed E-state index contributed by atoms with van der Waals surface area (Å²) in [6, 6.07) is 5.45. The summed E-state index contributed by atoms with van der Waals surface area (Å²) in [6.07, 6.45) is 21.2. The highest BCUT2D eigenvalue weighted by Gasteiger charge is 2.44. The largest absolute Gasteiger partial charge is 0.185 e. The highest BCUT2D eigenvalue weighted by atomic mass is 32.3. The normalized spacial score (nSPS) is 16.2. The van der Waals surface area contributed by atoms with Gasteiger partial charge in [0, 0.05) is 19.5 Å². The summed E-state index contributed by atoms with van der Waals surface area (Å²) in [5.41, 5.74) is 0.456. The second kappa shape index (κ2) is 15.5. The van der Waals surface area contributed by atoms with Crippen LogP contribution in [0.25, 0.3) is 9.75 Å². The molecule has 1 aliphatic rings. The monoisotopic (exact) mass is 604 g/mol. The molecule has 0 bridgehead atoms. The lowest BCUT2D eigenvalue weighted by molar-refractivity contribution is 0.438. The number of hydrogen-bond donors (Lipinski definition) is 0. The lowest BCUT2D eigenvalue weighted by Gasteiger charge is -2.41. The molecule has 3 heteroatoms. The molecule has 0 aliphatic carbocycles. The number of rotatable bonds is 18. The zero-order valence-corrected chi connectivity index (χ0v) is 30.4. The average molecular weight is 605 g/mol. The summed E-state index contributed by atoms with van der Waals surface area (Å²) in [5, 5.41) is 0. The minimum absolute atomic E-state index is 0.228. The molecular formula is C37H64S3. The van der Waals surface area contributed by atoms with E-state index < -0.39 is 10.0 Å². The standard InChI is InChI=1S/C37H64S3/c1-10-13-16-18-19-21-24-29(23-20-17-14-11-2)28-40(25-22-15-12-3)30-26-32(36(4,5)6)38-34(30)35-31(40)27-33(39-35)37(7,8)9/h26-27,29H,10-25,28H2,1-9H3. The van der Waals surface area contributed by atoms with Gasteiger partial charge in [-0.3, -0.25) is 0 Å². The number of unbranched alkanes of at least 4 members (excludes halogenated alkanes) is 10. The summed E-state index contributed by atoms with van der Waals surface area (Å²) < 4.78 is 0. The molecule has 0 saturated carbocycles. The Morgan fingerprint density at radius 3 is 1.43 bits per heavy atom. The van der Waals surface area contributed by atoms with Crippen LogP contribution >= 0.6 is 32.7 Å². The van der Waals surface area contributed by atoms with Crippen LogP contribution in [0.2, 0.25) is 0 Å². The molecule has 0 radical (unpaired) electrons. The van der Waals surface area contributed by atoms with Gasteiger partial charge in [-0.2, -0.15) is 10.0 Å². The smallest absolute Gasteiger partial charge is 0.0580 e. The van der Waals surface area contributed by atoms with E-state index in [0.29, 0.717) is 0 Å². The van der Waals surface area contributed by atoms with E-state index in [2.05, 4.69) is 97.1 Å². The van der Waals surface area contributed by atoms with Crippen molar-refractivity contribution >= 4 is 32.7 Å². The molecule has 0 amide bonds. The molecule has 3 heterocycles. The Kier molecular flexibility index (Phi) is 13.2. The first-order valence-corrected chi connectivity index (χ1v) is 20.7. The van der Waals surface area contributed by atoms with Gasteiger partial charge in [0.15, 0.2) is 0 Å². The second-order valence-corrected chi connectivity index (χ2v) is 20.3. The highest BCUT2D eigenvalue weighted by molar-refractivity contribution is 8.34. The third-order valence-corrected chi connectivity index (χ3v) is 16.9. The molecule has 3 rings (SSSR count). The summed E-state index contributed by atoms with van der Waals surface area (Å²) in [7, 11) is -1.00. The Morgan fingerprint density at radius 1 is 0.575 bits per heavy atom. The maximum Gasteiger partial charge on any atom is 0.0580 e. The van der Waals surface area contributed by atoms with Crippen molar-refractivity contribution in [1.29, 1.82) is 0 Å². The van der Waals surface area contributed by atoms with Gasteiger partial charge >= 0.3 is 0 Å². The highest BCUT2D eigenvalue weighted by Crippen LogP contribution is 2.76. The van der Waals surface area contributed by atoms with Crippen molar-refractivity contribution in [3.8, 4) is 9.75 Å². The predicted molar refractivity (Wildman–Crippen MR) is 189 cm³/mol. The van der Waals surface area contributed by atoms with E-state index in [1.165, 1.54) is 108 Å². The molecule has 2 aromatic heterocycles. The first-order chi connectivity index (χ1) is 19.0. The van der Waals surface area contributed by atoms with Gasteiger partial charge < -0.3 is 0 Å². The number of fused-ring (bicyclic) bond motifs is 3. The summed E-state index contributed by atoms with van der Waals surface area (Å²) in [4.78, 5) is 10.2. The molecular weight excluding hydrogens is 541 g/mol. The third kappa shape index (κ3) is 8.66. The van der Waals surface area contributed by atoms with Crippen molar-refractivity contribution in [2.75, 3.05) is 11.5 Å². The first kappa shape index (κ1) is 34.2. The molecule has 40 heavy (non-hydrogen) atoms. The topological polar surface area (TPSA) is 0 Å². The number of hydrogen-bond acceptors (Lipinski definition) is 2. The third-order valence-electron chi connectivity index (χ3n) is 8.97. The Balaban J connectivity index is 2.02. The van der Waals surface area contributed by atoms with Crippen LogP contribution in [0.4, 0.5) is 0 Å². The fourth-order valence-corrected chi connectivity index (χ4v) is 14.9. The van der Waals surface area contributed by atoms with E-state index in [4.69, 9.17) is 0 Å². The van der Waals surface area contributed by atoms with E-state index in [-0.39, 0.29) is 10.8 Å². The Hall–Kier alpha value is -0.250. The van der Waals surface area contributed by atoms with Crippen molar-refractivity contribution in [2.45, 2.75) is 179 Å². The molecule has 230 valence electrons. The van der Waals surface area contributed by atoms with Gasteiger partial charge in [-0.1, -0.05) is 139 Å². The van der Waals surface area contributed by atoms with Gasteiger partial charge in [-0.25, -0.2) is 0 Å². The van der Waals surface area contributed by atoms with Gasteiger partial charge in [0.1, 0.15) is 0 Å². The van der Waals surface area contributed by atoms with Crippen LogP contribution in [0.5, 0.6) is 0 Å². The van der Waals surface area contributed by atoms with Crippen LogP contribution in [0.1, 0.15) is 168 Å². The quantitative estimate of drug-likeness (QED) is 0.148. The number of thiophene rings is 2. The summed E-state index contributed by atoms with van der Waals surface area (Å²) >= 11 is 4.30. The van der Waals surface area contributed by atoms with Gasteiger partial charge in [0.05, 0.1) is 9.75 Å². The lowest BCUT2D eigenvalue weighted by Crippen LogP contribution is -2.18. The van der Waals surface area contributed by atoms with Crippen molar-refractivity contribution < 1.29 is 0 Å². The van der Waals surface area contributed by atoms with E-state index in [1.807, 2.05) is 9.79 Å². The van der Waals surface area contributed by atoms with E-state index in [0.717, 1.165) is 5.92 Å². The SMILES string of the molecule is CCCCCCCCC(CCCCCC)CS1(CCCCC)c2cc(C(C)(C)C)sc2-c2sc(C(C)(C)C)cc21. The first-order valence-electron chi connectivity index (χ1n) is 17.1. The Morgan fingerprint density at radius 2 is 0.975 bits per heavy atom. The molecule has 1 atom stereocenters. The minimum Gasteiger partial charge on any atom is -0.185 e. The fraction of sp³-hybridized carbons (Fsp3) is 0.784. The summed E-state index contributed by atoms with van der Waals surface area (Å²) in [6.45, 7) is 21.6. The minimum atomic E-state index is -1.00. The van der Waals surface area contributed by atoms with E-state index in [1.54, 1.807) is 19.5 Å². The van der Waals surface area contributed by atoms with Crippen molar-refractivity contribution in [3.05, 3.63) is 21.9 Å². The molecule has 0 saturated heterocycles. The van der Waals surface area contributed by atoms with Crippen LogP contribution in [0, 0.1) is 5.92 Å². The van der Waals surface area contributed by atoms with Gasteiger partial charge in [0.2, 0.25) is 0 Å². The van der Waals surface area contributed by atoms with Gasteiger partial charge in [0.25, 0.3) is 0 Å². The maximum atomic E-state index is 2.73. The van der Waals surface area contributed by atoms with Gasteiger partial charge in [-0.15, -0.1) is 22.7 Å². The Bertz CT molecular complexity index is 951. The Labute approximate surface area is 259 Å². The molecule has 1 aliphatic heterocycles. The van der Waals surface area contributed by atoms with Crippen LogP contribution in [0.3, 0.4) is 0 Å². The van der Waals surface area contributed by atoms with E-state index >= 15 is 0 Å². The molecule has 0 N–H and O–H groups in total. The molecule has 1 unspecified atom stereocenters. The van der Waals surface area contributed by atoms with Crippen molar-refractivity contribution in [3.63, 3.8) is 0 Å². The molecule has 0 fully saturated rings. The lowest BCUT2D eigenvalue weighted by atomic mass is 9.95. The van der Waals surface area contributed by atoms with Crippen molar-refractivity contribution in [2.24, 2.45) is 5.92 Å².